The Balaban J connectivity index is 2.05. The lowest BCUT2D eigenvalue weighted by Gasteiger charge is -2.23. The molecule has 0 radical (unpaired) electrons. The second-order valence-corrected chi connectivity index (χ2v) is 6.38. The number of benzene rings is 1. The normalized spacial score (nSPS) is 15.3. The number of piperidine rings is 1. The Hall–Kier alpha value is -1.27. The number of amides is 1. The van der Waals surface area contributed by atoms with Crippen LogP contribution in [-0.2, 0) is 11.2 Å². The number of carbonyl (C=O) groups is 1. The molecule has 1 saturated heterocycles. The first kappa shape index (κ1) is 18.1. The molecule has 128 valence electrons. The zero-order valence-electron chi connectivity index (χ0n) is 13.8. The van der Waals surface area contributed by atoms with E-state index in [0.717, 1.165) is 36.0 Å². The van der Waals surface area contributed by atoms with E-state index in [4.69, 9.17) is 9.47 Å². The van der Waals surface area contributed by atoms with E-state index in [-0.39, 0.29) is 11.9 Å². The minimum absolute atomic E-state index is 0.0456. The lowest BCUT2D eigenvalue weighted by Crippen LogP contribution is -2.43. The van der Waals surface area contributed by atoms with Gasteiger partial charge in [0.2, 0.25) is 5.91 Å². The monoisotopic (exact) mass is 384 g/mol. The van der Waals surface area contributed by atoms with Crippen LogP contribution in [0.2, 0.25) is 0 Å². The van der Waals surface area contributed by atoms with E-state index < -0.39 is 0 Å². The lowest BCUT2D eigenvalue weighted by atomic mass is 10.1. The van der Waals surface area contributed by atoms with Gasteiger partial charge in [-0.1, -0.05) is 15.9 Å². The molecule has 1 fully saturated rings. The summed E-state index contributed by atoms with van der Waals surface area (Å²) in [5.41, 5.74) is 0.906. The van der Waals surface area contributed by atoms with Crippen LogP contribution in [0.1, 0.15) is 32.3 Å². The van der Waals surface area contributed by atoms with Gasteiger partial charge in [-0.25, -0.2) is 0 Å². The molecular formula is C17H25BrN2O3. The fraction of sp³-hybridized carbons (Fsp3) is 0.588. The Morgan fingerprint density at radius 3 is 2.43 bits per heavy atom. The molecule has 0 bridgehead atoms. The highest BCUT2D eigenvalue weighted by Crippen LogP contribution is 2.34. The van der Waals surface area contributed by atoms with Crippen molar-refractivity contribution in [3.63, 3.8) is 0 Å². The molecule has 0 spiro atoms. The number of halogens is 1. The maximum Gasteiger partial charge on any atom is 0.224 e. The fourth-order valence-corrected chi connectivity index (χ4v) is 3.13. The van der Waals surface area contributed by atoms with Crippen molar-refractivity contribution in [2.24, 2.45) is 0 Å². The third kappa shape index (κ3) is 5.39. The largest absolute Gasteiger partial charge is 0.490 e. The van der Waals surface area contributed by atoms with Crippen LogP contribution in [0.4, 0.5) is 0 Å². The first-order valence-electron chi connectivity index (χ1n) is 8.22. The number of carbonyl (C=O) groups excluding carboxylic acids is 1. The molecule has 0 atom stereocenters. The highest BCUT2D eigenvalue weighted by atomic mass is 79.9. The van der Waals surface area contributed by atoms with E-state index in [1.54, 1.807) is 0 Å². The molecule has 1 amide bonds. The molecule has 0 unspecified atom stereocenters. The summed E-state index contributed by atoms with van der Waals surface area (Å²) in [5.74, 6) is 1.43. The molecule has 2 rings (SSSR count). The Labute approximate surface area is 146 Å². The van der Waals surface area contributed by atoms with E-state index in [1.165, 1.54) is 0 Å². The van der Waals surface area contributed by atoms with E-state index in [1.807, 2.05) is 26.0 Å². The second kappa shape index (κ2) is 9.13. The zero-order valence-corrected chi connectivity index (χ0v) is 15.4. The topological polar surface area (TPSA) is 59.6 Å². The van der Waals surface area contributed by atoms with Crippen LogP contribution in [-0.4, -0.2) is 38.3 Å². The summed E-state index contributed by atoms with van der Waals surface area (Å²) in [6.45, 7) is 6.92. The molecule has 2 N–H and O–H groups in total. The average Bonchev–Trinajstić information content (AvgIpc) is 2.53. The van der Waals surface area contributed by atoms with Gasteiger partial charge in [0, 0.05) is 10.5 Å². The molecule has 1 aromatic carbocycles. The maximum absolute atomic E-state index is 12.3. The van der Waals surface area contributed by atoms with Gasteiger partial charge in [-0.2, -0.15) is 0 Å². The summed E-state index contributed by atoms with van der Waals surface area (Å²) in [6, 6.07) is 4.04. The molecule has 5 nitrogen and oxygen atoms in total. The van der Waals surface area contributed by atoms with Crippen molar-refractivity contribution in [1.82, 2.24) is 10.6 Å². The van der Waals surface area contributed by atoms with Gasteiger partial charge in [0.1, 0.15) is 0 Å². The van der Waals surface area contributed by atoms with Gasteiger partial charge >= 0.3 is 0 Å². The summed E-state index contributed by atoms with van der Waals surface area (Å²) < 4.78 is 12.1. The van der Waals surface area contributed by atoms with Gasteiger partial charge in [-0.05, 0) is 57.5 Å². The Morgan fingerprint density at radius 1 is 1.22 bits per heavy atom. The Morgan fingerprint density at radius 2 is 1.83 bits per heavy atom. The summed E-state index contributed by atoms with van der Waals surface area (Å²) in [4.78, 5) is 12.3. The number of nitrogens with one attached hydrogen (secondary N) is 2. The number of hydrogen-bond donors (Lipinski definition) is 2. The predicted octanol–water partition coefficient (Wildman–Crippen LogP) is 2.66. The van der Waals surface area contributed by atoms with Gasteiger partial charge in [0.25, 0.3) is 0 Å². The first-order chi connectivity index (χ1) is 11.1. The van der Waals surface area contributed by atoms with Crippen molar-refractivity contribution in [1.29, 1.82) is 0 Å². The molecule has 0 saturated carbocycles. The van der Waals surface area contributed by atoms with Crippen LogP contribution in [0.25, 0.3) is 0 Å². The Bertz CT molecular complexity index is 531. The van der Waals surface area contributed by atoms with Gasteiger partial charge in [-0.15, -0.1) is 0 Å². The van der Waals surface area contributed by atoms with Crippen LogP contribution in [0.3, 0.4) is 0 Å². The number of ether oxygens (including phenoxy) is 2. The molecule has 6 heteroatoms. The van der Waals surface area contributed by atoms with E-state index in [9.17, 15) is 4.79 Å². The standard InChI is InChI=1S/C17H25BrN2O3/c1-3-22-15-9-12(14(18)11-16(15)23-4-2)10-17(21)20-13-5-7-19-8-6-13/h9,11,13,19H,3-8,10H2,1-2H3,(H,20,21). The SMILES string of the molecule is CCOc1cc(Br)c(CC(=O)NC2CCNCC2)cc1OCC. The van der Waals surface area contributed by atoms with Crippen LogP contribution in [0.5, 0.6) is 11.5 Å². The molecule has 0 aromatic heterocycles. The maximum atomic E-state index is 12.3. The Kier molecular flexibility index (Phi) is 7.17. The van der Waals surface area contributed by atoms with Crippen LogP contribution < -0.4 is 20.1 Å². The van der Waals surface area contributed by atoms with Crippen molar-refractivity contribution in [3.8, 4) is 11.5 Å². The lowest BCUT2D eigenvalue weighted by molar-refractivity contribution is -0.121. The molecular weight excluding hydrogens is 360 g/mol. The second-order valence-electron chi connectivity index (χ2n) is 5.52. The number of hydrogen-bond acceptors (Lipinski definition) is 4. The van der Waals surface area contributed by atoms with Gasteiger partial charge in [0.05, 0.1) is 19.6 Å². The highest BCUT2D eigenvalue weighted by molar-refractivity contribution is 9.10. The van der Waals surface area contributed by atoms with Crippen molar-refractivity contribution >= 4 is 21.8 Å². The fourth-order valence-electron chi connectivity index (χ4n) is 2.67. The molecule has 1 aliphatic heterocycles. The molecule has 0 aliphatic carbocycles. The van der Waals surface area contributed by atoms with Gasteiger partial charge in [-0.3, -0.25) is 4.79 Å². The van der Waals surface area contributed by atoms with Crippen molar-refractivity contribution in [3.05, 3.63) is 22.2 Å². The average molecular weight is 385 g/mol. The first-order valence-corrected chi connectivity index (χ1v) is 9.01. The van der Waals surface area contributed by atoms with E-state index in [2.05, 4.69) is 26.6 Å². The quantitative estimate of drug-likeness (QED) is 0.758. The van der Waals surface area contributed by atoms with E-state index in [0.29, 0.717) is 31.1 Å². The summed E-state index contributed by atoms with van der Waals surface area (Å²) in [6.07, 6.45) is 2.30. The third-order valence-electron chi connectivity index (χ3n) is 3.77. The molecule has 1 aliphatic rings. The van der Waals surface area contributed by atoms with Crippen LogP contribution in [0, 0.1) is 0 Å². The predicted molar refractivity (Wildman–Crippen MR) is 94.2 cm³/mol. The highest BCUT2D eigenvalue weighted by Gasteiger charge is 2.17. The van der Waals surface area contributed by atoms with E-state index >= 15 is 0 Å². The van der Waals surface area contributed by atoms with Gasteiger partial charge < -0.3 is 20.1 Å². The van der Waals surface area contributed by atoms with Crippen LogP contribution in [0.15, 0.2) is 16.6 Å². The van der Waals surface area contributed by atoms with Gasteiger partial charge in [0.15, 0.2) is 11.5 Å². The zero-order chi connectivity index (χ0) is 16.7. The van der Waals surface area contributed by atoms with Crippen molar-refractivity contribution < 1.29 is 14.3 Å². The minimum Gasteiger partial charge on any atom is -0.490 e. The number of rotatable bonds is 7. The summed E-state index contributed by atoms with van der Waals surface area (Å²) >= 11 is 3.53. The smallest absolute Gasteiger partial charge is 0.224 e. The summed E-state index contributed by atoms with van der Waals surface area (Å²) in [7, 11) is 0. The van der Waals surface area contributed by atoms with Crippen molar-refractivity contribution in [2.45, 2.75) is 39.2 Å². The third-order valence-corrected chi connectivity index (χ3v) is 4.51. The summed E-state index contributed by atoms with van der Waals surface area (Å²) in [5, 5.41) is 6.41. The van der Waals surface area contributed by atoms with Crippen molar-refractivity contribution in [2.75, 3.05) is 26.3 Å². The minimum atomic E-state index is 0.0456. The van der Waals surface area contributed by atoms with Crippen LogP contribution >= 0.6 is 15.9 Å². The molecule has 23 heavy (non-hydrogen) atoms. The molecule has 1 aromatic rings. The molecule has 1 heterocycles.